The third-order valence-corrected chi connectivity index (χ3v) is 3.15. The summed E-state index contributed by atoms with van der Waals surface area (Å²) in [4.78, 5) is 25.5. The number of imide groups is 1. The van der Waals surface area contributed by atoms with Gasteiger partial charge in [0.15, 0.2) is 0 Å². The zero-order valence-corrected chi connectivity index (χ0v) is 12.2. The van der Waals surface area contributed by atoms with Gasteiger partial charge in [0.2, 0.25) is 5.91 Å². The van der Waals surface area contributed by atoms with Gasteiger partial charge < -0.3 is 10.1 Å². The van der Waals surface area contributed by atoms with Gasteiger partial charge in [-0.2, -0.15) is 0 Å². The molecule has 1 fully saturated rings. The van der Waals surface area contributed by atoms with Crippen molar-refractivity contribution in [2.45, 2.75) is 19.4 Å². The zero-order valence-electron chi connectivity index (χ0n) is 12.2. The average molecular weight is 288 g/mol. The van der Waals surface area contributed by atoms with Crippen molar-refractivity contribution in [1.29, 1.82) is 0 Å². The summed E-state index contributed by atoms with van der Waals surface area (Å²) >= 11 is 0. The molecule has 2 rings (SSSR count). The van der Waals surface area contributed by atoms with Crippen molar-refractivity contribution in [3.63, 3.8) is 0 Å². The molecular formula is C16H20N2O3. The van der Waals surface area contributed by atoms with E-state index in [2.05, 4.69) is 11.9 Å². The van der Waals surface area contributed by atoms with Gasteiger partial charge >= 0.3 is 0 Å². The summed E-state index contributed by atoms with van der Waals surface area (Å²) in [6, 6.07) is 8.52. The second-order valence-electron chi connectivity index (χ2n) is 5.12. The Labute approximate surface area is 124 Å². The Balaban J connectivity index is 1.86. The van der Waals surface area contributed by atoms with E-state index in [1.165, 1.54) is 4.90 Å². The fourth-order valence-corrected chi connectivity index (χ4v) is 2.19. The Morgan fingerprint density at radius 3 is 2.76 bits per heavy atom. The van der Waals surface area contributed by atoms with Crippen molar-refractivity contribution in [2.24, 2.45) is 0 Å². The highest BCUT2D eigenvalue weighted by Gasteiger charge is 2.38. The molecule has 0 spiro atoms. The van der Waals surface area contributed by atoms with E-state index in [9.17, 15) is 9.59 Å². The van der Waals surface area contributed by atoms with Crippen LogP contribution in [0.5, 0.6) is 0 Å². The average Bonchev–Trinajstić information content (AvgIpc) is 2.74. The molecule has 1 unspecified atom stereocenters. The largest absolute Gasteiger partial charge is 0.376 e. The van der Waals surface area contributed by atoms with E-state index < -0.39 is 6.04 Å². The first kappa shape index (κ1) is 15.4. The number of carbonyl (C=O) groups is 2. The first-order valence-corrected chi connectivity index (χ1v) is 6.97. The van der Waals surface area contributed by atoms with Gasteiger partial charge in [0.05, 0.1) is 31.4 Å². The normalized spacial score (nSPS) is 18.3. The van der Waals surface area contributed by atoms with Gasteiger partial charge in [-0.15, -0.1) is 0 Å². The lowest BCUT2D eigenvalue weighted by atomic mass is 10.2. The standard InChI is InChI=1S/C16H20N2O3/c1-12(2)11-21-9-8-17-14-10-15(19)18(16(14)20)13-6-4-3-5-7-13/h3-7,14,17H,1,8-11H2,2H3. The maximum Gasteiger partial charge on any atom is 0.251 e. The Kier molecular flexibility index (Phi) is 5.25. The third kappa shape index (κ3) is 4.00. The molecule has 1 N–H and O–H groups in total. The number of anilines is 1. The number of nitrogens with zero attached hydrogens (tertiary/aromatic N) is 1. The van der Waals surface area contributed by atoms with Crippen molar-refractivity contribution in [3.8, 4) is 0 Å². The maximum absolute atomic E-state index is 12.3. The Bertz CT molecular complexity index is 528. The summed E-state index contributed by atoms with van der Waals surface area (Å²) in [6.07, 6.45) is 0.189. The van der Waals surface area contributed by atoms with Crippen LogP contribution < -0.4 is 10.2 Å². The van der Waals surface area contributed by atoms with E-state index in [-0.39, 0.29) is 18.2 Å². The number of ether oxygens (including phenoxy) is 1. The van der Waals surface area contributed by atoms with Crippen molar-refractivity contribution >= 4 is 17.5 Å². The molecule has 0 radical (unpaired) electrons. The molecule has 5 heteroatoms. The molecule has 0 bridgehead atoms. The van der Waals surface area contributed by atoms with Crippen LogP contribution in [0.3, 0.4) is 0 Å². The molecule has 5 nitrogen and oxygen atoms in total. The fraction of sp³-hybridized carbons (Fsp3) is 0.375. The number of hydrogen-bond acceptors (Lipinski definition) is 4. The zero-order chi connectivity index (χ0) is 15.2. The van der Waals surface area contributed by atoms with Gasteiger partial charge in [0, 0.05) is 6.54 Å². The van der Waals surface area contributed by atoms with Crippen LogP contribution in [0.2, 0.25) is 0 Å². The van der Waals surface area contributed by atoms with E-state index in [0.29, 0.717) is 25.4 Å². The summed E-state index contributed by atoms with van der Waals surface area (Å²) in [5.41, 5.74) is 1.58. The smallest absolute Gasteiger partial charge is 0.251 e. The summed E-state index contributed by atoms with van der Waals surface area (Å²) in [7, 11) is 0. The molecule has 2 amide bonds. The van der Waals surface area contributed by atoms with Gasteiger partial charge in [0.1, 0.15) is 0 Å². The quantitative estimate of drug-likeness (QED) is 0.469. The topological polar surface area (TPSA) is 58.6 Å². The van der Waals surface area contributed by atoms with Crippen LogP contribution in [0, 0.1) is 0 Å². The van der Waals surface area contributed by atoms with Crippen LogP contribution in [-0.4, -0.2) is 37.6 Å². The van der Waals surface area contributed by atoms with Gasteiger partial charge in [-0.25, -0.2) is 4.90 Å². The molecule has 1 aromatic carbocycles. The summed E-state index contributed by atoms with van der Waals surface area (Å²) < 4.78 is 5.36. The minimum atomic E-state index is -0.467. The number of benzene rings is 1. The van der Waals surface area contributed by atoms with Gasteiger partial charge in [-0.05, 0) is 19.1 Å². The number of para-hydroxylation sites is 1. The van der Waals surface area contributed by atoms with E-state index in [4.69, 9.17) is 4.74 Å². The number of rotatable bonds is 7. The molecule has 1 heterocycles. The molecule has 0 saturated carbocycles. The van der Waals surface area contributed by atoms with Crippen LogP contribution in [-0.2, 0) is 14.3 Å². The molecule has 1 atom stereocenters. The van der Waals surface area contributed by atoms with E-state index >= 15 is 0 Å². The third-order valence-electron chi connectivity index (χ3n) is 3.15. The number of nitrogens with one attached hydrogen (secondary N) is 1. The molecular weight excluding hydrogens is 268 g/mol. The number of amides is 2. The second-order valence-corrected chi connectivity index (χ2v) is 5.12. The Morgan fingerprint density at radius 1 is 1.38 bits per heavy atom. The number of hydrogen-bond donors (Lipinski definition) is 1. The van der Waals surface area contributed by atoms with Crippen molar-refractivity contribution in [3.05, 3.63) is 42.5 Å². The monoisotopic (exact) mass is 288 g/mol. The van der Waals surface area contributed by atoms with Gasteiger partial charge in [-0.3, -0.25) is 9.59 Å². The predicted molar refractivity (Wildman–Crippen MR) is 81.0 cm³/mol. The van der Waals surface area contributed by atoms with Crippen LogP contribution >= 0.6 is 0 Å². The predicted octanol–water partition coefficient (Wildman–Crippen LogP) is 1.50. The first-order chi connectivity index (χ1) is 10.1. The van der Waals surface area contributed by atoms with Crippen LogP contribution in [0.25, 0.3) is 0 Å². The molecule has 0 aromatic heterocycles. The maximum atomic E-state index is 12.3. The van der Waals surface area contributed by atoms with Crippen LogP contribution in [0.4, 0.5) is 5.69 Å². The van der Waals surface area contributed by atoms with Crippen LogP contribution in [0.15, 0.2) is 42.5 Å². The Morgan fingerprint density at radius 2 is 2.10 bits per heavy atom. The van der Waals surface area contributed by atoms with Crippen molar-refractivity contribution in [2.75, 3.05) is 24.7 Å². The van der Waals surface area contributed by atoms with E-state index in [1.807, 2.05) is 25.1 Å². The Hall–Kier alpha value is -1.98. The lowest BCUT2D eigenvalue weighted by Gasteiger charge is -2.15. The lowest BCUT2D eigenvalue weighted by molar-refractivity contribution is -0.121. The molecule has 1 aromatic rings. The van der Waals surface area contributed by atoms with Gasteiger partial charge in [-0.1, -0.05) is 30.4 Å². The summed E-state index contributed by atoms with van der Waals surface area (Å²) in [6.45, 7) is 7.16. The molecule has 1 aliphatic heterocycles. The highest BCUT2D eigenvalue weighted by atomic mass is 16.5. The summed E-state index contributed by atoms with van der Waals surface area (Å²) in [5, 5.41) is 3.07. The fourth-order valence-electron chi connectivity index (χ4n) is 2.19. The van der Waals surface area contributed by atoms with Gasteiger partial charge in [0.25, 0.3) is 5.91 Å². The minimum absolute atomic E-state index is 0.174. The molecule has 112 valence electrons. The SMILES string of the molecule is C=C(C)COCCNC1CC(=O)N(c2ccccc2)C1=O. The second kappa shape index (κ2) is 7.15. The molecule has 0 aliphatic carbocycles. The molecule has 1 saturated heterocycles. The minimum Gasteiger partial charge on any atom is -0.376 e. The highest BCUT2D eigenvalue weighted by molar-refractivity contribution is 6.22. The highest BCUT2D eigenvalue weighted by Crippen LogP contribution is 2.22. The molecule has 21 heavy (non-hydrogen) atoms. The molecule has 1 aliphatic rings. The van der Waals surface area contributed by atoms with E-state index in [0.717, 1.165) is 5.57 Å². The lowest BCUT2D eigenvalue weighted by Crippen LogP contribution is -2.40. The van der Waals surface area contributed by atoms with Crippen LogP contribution in [0.1, 0.15) is 13.3 Å². The summed E-state index contributed by atoms with van der Waals surface area (Å²) in [5.74, 6) is -0.377. The first-order valence-electron chi connectivity index (χ1n) is 6.97. The van der Waals surface area contributed by atoms with E-state index in [1.54, 1.807) is 12.1 Å². The van der Waals surface area contributed by atoms with Crippen molar-refractivity contribution < 1.29 is 14.3 Å². The number of carbonyl (C=O) groups excluding carboxylic acids is 2. The van der Waals surface area contributed by atoms with Crippen molar-refractivity contribution in [1.82, 2.24) is 5.32 Å².